The summed E-state index contributed by atoms with van der Waals surface area (Å²) in [5.74, 6) is 3.44. The lowest BCUT2D eigenvalue weighted by Gasteiger charge is -2.34. The smallest absolute Gasteiger partial charge is 0.254 e. The maximum atomic E-state index is 14.1. The number of amides is 1. The number of halogens is 1. The van der Waals surface area contributed by atoms with E-state index in [0.29, 0.717) is 66.8 Å². The van der Waals surface area contributed by atoms with E-state index >= 15 is 0 Å². The summed E-state index contributed by atoms with van der Waals surface area (Å²) >= 11 is 0. The summed E-state index contributed by atoms with van der Waals surface area (Å²) in [7, 11) is 0. The highest BCUT2D eigenvalue weighted by atomic mass is 19.1. The number of piperidine rings is 1. The van der Waals surface area contributed by atoms with Crippen LogP contribution in [-0.4, -0.2) is 117 Å². The Balaban J connectivity index is 0.000000111. The van der Waals surface area contributed by atoms with Crippen LogP contribution in [0.5, 0.6) is 5.88 Å². The molecule has 24 heteroatoms. The Morgan fingerprint density at radius 2 is 0.979 bits per heavy atom. The number of H-pyrrole nitrogens is 4. The van der Waals surface area contributed by atoms with E-state index in [1.165, 1.54) is 10.8 Å². The van der Waals surface area contributed by atoms with Gasteiger partial charge >= 0.3 is 0 Å². The maximum Gasteiger partial charge on any atom is 0.254 e. The summed E-state index contributed by atoms with van der Waals surface area (Å²) < 4.78 is 19.7. The molecule has 1 saturated heterocycles. The van der Waals surface area contributed by atoms with Crippen LogP contribution < -0.4 is 26.0 Å². The molecule has 16 aromatic rings. The van der Waals surface area contributed by atoms with E-state index in [4.69, 9.17) is 4.74 Å². The predicted molar refractivity (Wildman–Crippen MR) is 376 cm³/mol. The molecule has 1 amide bonds. The van der Waals surface area contributed by atoms with Gasteiger partial charge in [-0.15, -0.1) is 0 Å². The minimum atomic E-state index is -1.18. The van der Waals surface area contributed by atoms with E-state index in [1.54, 1.807) is 49.0 Å². The summed E-state index contributed by atoms with van der Waals surface area (Å²) in [6, 6.07) is 47.5. The van der Waals surface area contributed by atoms with Gasteiger partial charge in [0.15, 0.2) is 28.8 Å². The number of hydrogen-bond acceptors (Lipinski definition) is 18. The third-order valence-corrected chi connectivity index (χ3v) is 16.6. The number of carbonyl (C=O) groups excluding carboxylic acids is 1. The van der Waals surface area contributed by atoms with Crippen molar-refractivity contribution in [3.63, 3.8) is 0 Å². The number of aromatic nitrogens is 16. The van der Waals surface area contributed by atoms with Crippen molar-refractivity contribution in [1.82, 2.24) is 85.6 Å². The Labute approximate surface area is 547 Å². The topological polar surface area (TPSA) is 296 Å². The number of aromatic amines is 4. The van der Waals surface area contributed by atoms with Crippen LogP contribution in [0.4, 0.5) is 50.4 Å². The number of likely N-dealkylation sites (tertiary alicyclic amines) is 1. The molecule has 1 aliphatic heterocycles. The predicted octanol–water partition coefficient (Wildman–Crippen LogP) is 15.2. The van der Waals surface area contributed by atoms with E-state index in [9.17, 15) is 9.18 Å². The Bertz CT molecular complexity index is 5460. The zero-order valence-corrected chi connectivity index (χ0v) is 52.7. The molecule has 0 aliphatic carbocycles. The molecule has 476 valence electrons. The number of hydrogen-bond donors (Lipinski definition) is 8. The number of anilines is 8. The molecule has 0 bridgehead atoms. The molecule has 5 aromatic carbocycles. The number of aryl methyl sites for hydroxylation is 2. The highest BCUT2D eigenvalue weighted by Gasteiger charge is 2.32. The first-order valence-electron chi connectivity index (χ1n) is 31.4. The number of nitrogens with zero attached hydrogens (tertiary/aromatic N) is 13. The van der Waals surface area contributed by atoms with Gasteiger partial charge in [-0.2, -0.15) is 20.4 Å². The Kier molecular flexibility index (Phi) is 17.1. The molecule has 23 nitrogen and oxygen atoms in total. The third kappa shape index (κ3) is 13.1. The van der Waals surface area contributed by atoms with Crippen molar-refractivity contribution in [1.29, 1.82) is 0 Å². The van der Waals surface area contributed by atoms with Crippen molar-refractivity contribution >= 4 is 139 Å². The average molecular weight is 1270 g/mol. The first kappa shape index (κ1) is 60.9. The van der Waals surface area contributed by atoms with Crippen LogP contribution in [0, 0.1) is 6.92 Å². The van der Waals surface area contributed by atoms with Crippen molar-refractivity contribution in [3.05, 3.63) is 212 Å². The summed E-state index contributed by atoms with van der Waals surface area (Å²) in [6.07, 6.45) is 15.6. The molecule has 0 radical (unpaired) electrons. The summed E-state index contributed by atoms with van der Waals surface area (Å²) in [4.78, 5) is 49.4. The maximum absolute atomic E-state index is 14.1. The summed E-state index contributed by atoms with van der Waals surface area (Å²) in [6.45, 7) is 9.17. The zero-order valence-electron chi connectivity index (χ0n) is 52.7. The van der Waals surface area contributed by atoms with Gasteiger partial charge in [0.2, 0.25) is 11.5 Å². The second-order valence-corrected chi connectivity index (χ2v) is 23.1. The van der Waals surface area contributed by atoms with Crippen LogP contribution in [0.1, 0.15) is 55.4 Å². The monoisotopic (exact) mass is 1270 g/mol. The Morgan fingerprint density at radius 1 is 0.490 bits per heavy atom. The molecule has 1 aliphatic rings. The molecular formula is C72H64FN21O2. The van der Waals surface area contributed by atoms with E-state index in [0.717, 1.165) is 118 Å². The lowest BCUT2D eigenvalue weighted by atomic mass is 9.94. The summed E-state index contributed by atoms with van der Waals surface area (Å²) in [5.41, 5.74) is 11.8. The number of rotatable bonds is 12. The van der Waals surface area contributed by atoms with Gasteiger partial charge in [0.25, 0.3) is 5.91 Å². The largest absolute Gasteiger partial charge is 0.478 e. The first-order valence-corrected chi connectivity index (χ1v) is 31.4. The number of alkyl halides is 1. The van der Waals surface area contributed by atoms with Crippen LogP contribution in [0.2, 0.25) is 0 Å². The van der Waals surface area contributed by atoms with Gasteiger partial charge in [-0.25, -0.2) is 19.3 Å². The molecule has 96 heavy (non-hydrogen) atoms. The molecule has 0 atom stereocenters. The lowest BCUT2D eigenvalue weighted by Crippen LogP contribution is -2.43. The second-order valence-electron chi connectivity index (χ2n) is 23.1. The van der Waals surface area contributed by atoms with Gasteiger partial charge in [-0.05, 0) is 182 Å². The molecular weight excluding hydrogens is 1210 g/mol. The van der Waals surface area contributed by atoms with Crippen molar-refractivity contribution in [3.8, 4) is 5.88 Å². The minimum absolute atomic E-state index is 0.0494. The number of fused-ring (bicyclic) bond motifs is 8. The van der Waals surface area contributed by atoms with Crippen molar-refractivity contribution in [2.45, 2.75) is 52.6 Å². The molecule has 0 spiro atoms. The van der Waals surface area contributed by atoms with Crippen molar-refractivity contribution in [2.75, 3.05) is 41.0 Å². The van der Waals surface area contributed by atoms with Gasteiger partial charge < -0.3 is 30.9 Å². The minimum Gasteiger partial charge on any atom is -0.478 e. The van der Waals surface area contributed by atoms with Crippen LogP contribution in [-0.2, 0) is 6.42 Å². The Morgan fingerprint density at radius 3 is 1.56 bits per heavy atom. The van der Waals surface area contributed by atoms with Gasteiger partial charge in [0.05, 0.1) is 23.2 Å². The van der Waals surface area contributed by atoms with E-state index in [1.807, 2.05) is 148 Å². The van der Waals surface area contributed by atoms with Crippen LogP contribution in [0.15, 0.2) is 195 Å². The molecule has 0 unspecified atom stereocenters. The molecule has 0 saturated carbocycles. The van der Waals surface area contributed by atoms with Gasteiger partial charge in [-0.3, -0.25) is 50.1 Å². The van der Waals surface area contributed by atoms with Crippen LogP contribution in [0.25, 0.3) is 87.4 Å². The number of benzene rings is 5. The van der Waals surface area contributed by atoms with E-state index in [-0.39, 0.29) is 5.91 Å². The number of pyridine rings is 6. The highest BCUT2D eigenvalue weighted by Crippen LogP contribution is 2.33. The van der Waals surface area contributed by atoms with Crippen LogP contribution in [0.3, 0.4) is 0 Å². The molecule has 1 fully saturated rings. The fourth-order valence-electron chi connectivity index (χ4n) is 11.6. The fraction of sp³-hybridized carbons (Fsp3) is 0.153. The normalized spacial score (nSPS) is 12.7. The highest BCUT2D eigenvalue weighted by molar-refractivity contribution is 6.08. The fourth-order valence-corrected chi connectivity index (χ4v) is 11.6. The number of carbonyl (C=O) groups is 1. The zero-order chi connectivity index (χ0) is 65.5. The van der Waals surface area contributed by atoms with Gasteiger partial charge in [-0.1, -0.05) is 37.3 Å². The third-order valence-electron chi connectivity index (χ3n) is 16.6. The summed E-state index contributed by atoms with van der Waals surface area (Å²) in [5, 5.41) is 50.6. The lowest BCUT2D eigenvalue weighted by molar-refractivity contribution is 0.0505. The quantitative estimate of drug-likeness (QED) is 0.0564. The molecule has 12 heterocycles. The van der Waals surface area contributed by atoms with Gasteiger partial charge in [0.1, 0.15) is 22.2 Å². The van der Waals surface area contributed by atoms with Gasteiger partial charge in [0, 0.05) is 119 Å². The Hall–Kier alpha value is -12.6. The average Bonchev–Trinajstić information content (AvgIpc) is 1.14. The number of ether oxygens (including phenoxy) is 1. The van der Waals surface area contributed by atoms with Crippen LogP contribution >= 0.6 is 0 Å². The van der Waals surface area contributed by atoms with Crippen molar-refractivity contribution < 1.29 is 13.9 Å². The van der Waals surface area contributed by atoms with E-state index < -0.39 is 5.67 Å². The first-order chi connectivity index (χ1) is 47.0. The molecule has 11 aromatic heterocycles. The van der Waals surface area contributed by atoms with E-state index in [2.05, 4.69) is 133 Å². The SMILES string of the molecule is CC1(F)CCN(C(=O)c2cccc3cc(Nc4[nH]nc5nccnc45)ccc23)CC1.CCOc1nccc2cc(Nc3n[nH]c4cccnc34)ccc12.CCc1nccc2cc(Nc3n[nH]c4cccnc34)ccc12.Cc1nccc2cc(Nc3n[nH]c4cccnc34)ccc12. The second kappa shape index (κ2) is 26.9. The van der Waals surface area contributed by atoms with Crippen molar-refractivity contribution in [2.24, 2.45) is 0 Å². The number of nitrogens with one attached hydrogen (secondary N) is 8. The molecule has 17 rings (SSSR count). The molecule has 8 N–H and O–H groups in total. The standard InChI is InChI=1S/C22H21FN6O.C17H15N5O.C17H15N5.C16H13N5/c1-22(23)7-11-29(12-8-22)21(30)17-4-2-3-14-13-15(5-6-16(14)17)26-20-18-19(27-28-20)25-10-9-24-18;1-2-23-17-13-6-5-12(10-11(13)7-9-19-17)20-16-15-14(21-22-16)4-3-8-18-15;1-2-14-13-6-5-12(10-11(13)7-9-18-14)20-17-16-15(21-22-17)4-3-8-19-16;1-10-13-5-4-12(9-11(13)6-8-17-10)19-16-15-14(20-21-16)3-2-7-18-15/h2-6,9-10,13H,7-8,11-12H2,1H3,(H2,25,26,27,28);3-10H,2H2,1H3,(H2,20,21,22);3-10H,2H2,1H3,(H2,20,21,22);2-9H,1H3,(H2,19,20,21).